The van der Waals surface area contributed by atoms with Crippen molar-refractivity contribution >= 4 is 17.6 Å². The molecule has 0 atom stereocenters. The maximum atomic E-state index is 12.4. The molecule has 6 heteroatoms. The predicted molar refractivity (Wildman–Crippen MR) is 104 cm³/mol. The van der Waals surface area contributed by atoms with Gasteiger partial charge in [-0.1, -0.05) is 41.0 Å². The van der Waals surface area contributed by atoms with E-state index in [1.165, 1.54) is 5.56 Å². The summed E-state index contributed by atoms with van der Waals surface area (Å²) in [5, 5.41) is 11.3. The van der Waals surface area contributed by atoms with Gasteiger partial charge in [0.1, 0.15) is 0 Å². The van der Waals surface area contributed by atoms with Gasteiger partial charge in [-0.25, -0.2) is 0 Å². The van der Waals surface area contributed by atoms with Crippen LogP contribution in [-0.2, 0) is 4.79 Å². The molecule has 1 saturated heterocycles. The number of anilines is 2. The van der Waals surface area contributed by atoms with Gasteiger partial charge in [-0.2, -0.15) is 0 Å². The monoisotopic (exact) mass is 362 g/mol. The molecule has 1 aliphatic rings. The molecule has 0 aliphatic carbocycles. The van der Waals surface area contributed by atoms with Crippen molar-refractivity contribution in [1.82, 2.24) is 10.2 Å². The van der Waals surface area contributed by atoms with Crippen LogP contribution in [0.15, 0.2) is 59.0 Å². The average Bonchev–Trinajstić information content (AvgIpc) is 3.20. The molecule has 2 aromatic carbocycles. The Morgan fingerprint density at radius 2 is 1.74 bits per heavy atom. The van der Waals surface area contributed by atoms with Crippen molar-refractivity contribution in [1.29, 1.82) is 0 Å². The second-order valence-electron chi connectivity index (χ2n) is 6.87. The van der Waals surface area contributed by atoms with E-state index in [1.54, 1.807) is 0 Å². The third-order valence-corrected chi connectivity index (χ3v) is 4.89. The first-order valence-corrected chi connectivity index (χ1v) is 9.20. The molecule has 2 heterocycles. The molecule has 1 N–H and O–H groups in total. The molecule has 1 aromatic heterocycles. The van der Waals surface area contributed by atoms with Crippen LogP contribution < -0.4 is 10.2 Å². The Hall–Kier alpha value is -3.15. The van der Waals surface area contributed by atoms with Gasteiger partial charge in [-0.05, 0) is 44.0 Å². The Morgan fingerprint density at radius 1 is 1.04 bits per heavy atom. The van der Waals surface area contributed by atoms with Gasteiger partial charge < -0.3 is 14.6 Å². The summed E-state index contributed by atoms with van der Waals surface area (Å²) in [6, 6.07) is 18.1. The summed E-state index contributed by atoms with van der Waals surface area (Å²) in [4.78, 5) is 14.5. The topological polar surface area (TPSA) is 71.3 Å². The van der Waals surface area contributed by atoms with Gasteiger partial charge in [0, 0.05) is 30.3 Å². The van der Waals surface area contributed by atoms with Gasteiger partial charge in [-0.15, -0.1) is 5.10 Å². The molecule has 0 unspecified atom stereocenters. The first-order chi connectivity index (χ1) is 13.2. The second-order valence-corrected chi connectivity index (χ2v) is 6.87. The Labute approximate surface area is 158 Å². The van der Waals surface area contributed by atoms with Crippen LogP contribution in [0.4, 0.5) is 11.7 Å². The van der Waals surface area contributed by atoms with Gasteiger partial charge in [0.05, 0.1) is 0 Å². The lowest BCUT2D eigenvalue weighted by Gasteiger charge is -2.29. The zero-order valence-electron chi connectivity index (χ0n) is 15.3. The summed E-state index contributed by atoms with van der Waals surface area (Å²) >= 11 is 0. The van der Waals surface area contributed by atoms with E-state index in [0.717, 1.165) is 37.2 Å². The van der Waals surface area contributed by atoms with Gasteiger partial charge in [0.15, 0.2) is 0 Å². The molecular formula is C21H22N4O2. The van der Waals surface area contributed by atoms with Crippen molar-refractivity contribution in [2.24, 2.45) is 5.92 Å². The SMILES string of the molecule is Cc1ccc(-c2nnc(N3CCC(C(=O)Nc4ccccc4)CC3)o2)cc1. The molecule has 3 aromatic rings. The molecule has 27 heavy (non-hydrogen) atoms. The Morgan fingerprint density at radius 3 is 2.44 bits per heavy atom. The third kappa shape index (κ3) is 4.00. The van der Waals surface area contributed by atoms with E-state index < -0.39 is 0 Å². The number of piperidine rings is 1. The first kappa shape index (κ1) is 17.3. The van der Waals surface area contributed by atoms with Crippen LogP contribution in [0.25, 0.3) is 11.5 Å². The summed E-state index contributed by atoms with van der Waals surface area (Å²) < 4.78 is 5.84. The third-order valence-electron chi connectivity index (χ3n) is 4.89. The number of amides is 1. The number of hydrogen-bond donors (Lipinski definition) is 1. The molecule has 0 saturated carbocycles. The molecule has 6 nitrogen and oxygen atoms in total. The fourth-order valence-electron chi connectivity index (χ4n) is 3.25. The van der Waals surface area contributed by atoms with E-state index in [9.17, 15) is 4.79 Å². The summed E-state index contributed by atoms with van der Waals surface area (Å²) in [5.41, 5.74) is 2.94. The highest BCUT2D eigenvalue weighted by Gasteiger charge is 2.27. The zero-order valence-corrected chi connectivity index (χ0v) is 15.3. The summed E-state index contributed by atoms with van der Waals surface area (Å²) in [5.74, 6) is 0.599. The van der Waals surface area contributed by atoms with E-state index in [-0.39, 0.29) is 11.8 Å². The number of carbonyl (C=O) groups is 1. The normalized spacial score (nSPS) is 14.9. The van der Waals surface area contributed by atoms with Crippen LogP contribution in [0.3, 0.4) is 0 Å². The van der Waals surface area contributed by atoms with E-state index >= 15 is 0 Å². The van der Waals surface area contributed by atoms with Crippen LogP contribution in [0.5, 0.6) is 0 Å². The molecule has 0 bridgehead atoms. The second kappa shape index (κ2) is 7.61. The van der Waals surface area contributed by atoms with Crippen molar-refractivity contribution in [3.05, 3.63) is 60.2 Å². The maximum Gasteiger partial charge on any atom is 0.318 e. The first-order valence-electron chi connectivity index (χ1n) is 9.20. The highest BCUT2D eigenvalue weighted by molar-refractivity contribution is 5.92. The van der Waals surface area contributed by atoms with Crippen LogP contribution in [0.2, 0.25) is 0 Å². The summed E-state index contributed by atoms with van der Waals surface area (Å²) in [6.07, 6.45) is 1.53. The fourth-order valence-corrected chi connectivity index (χ4v) is 3.25. The standard InChI is InChI=1S/C21H22N4O2/c1-15-7-9-17(10-8-15)20-23-24-21(27-20)25-13-11-16(12-14-25)19(26)22-18-5-3-2-4-6-18/h2-10,16H,11-14H2,1H3,(H,22,26). The van der Waals surface area contributed by atoms with Crippen molar-refractivity contribution in [3.8, 4) is 11.5 Å². The smallest absolute Gasteiger partial charge is 0.318 e. The number of para-hydroxylation sites is 1. The Kier molecular flexibility index (Phi) is 4.87. The van der Waals surface area contributed by atoms with Gasteiger partial charge in [0.2, 0.25) is 11.8 Å². The number of nitrogens with zero attached hydrogens (tertiary/aromatic N) is 3. The number of hydrogen-bond acceptors (Lipinski definition) is 5. The minimum Gasteiger partial charge on any atom is -0.403 e. The number of nitrogens with one attached hydrogen (secondary N) is 1. The molecule has 0 spiro atoms. The van der Waals surface area contributed by atoms with E-state index in [1.807, 2.05) is 61.5 Å². The average molecular weight is 362 g/mol. The van der Waals surface area contributed by atoms with Crippen molar-refractivity contribution in [3.63, 3.8) is 0 Å². The van der Waals surface area contributed by atoms with Crippen molar-refractivity contribution < 1.29 is 9.21 Å². The zero-order chi connectivity index (χ0) is 18.6. The van der Waals surface area contributed by atoms with Crippen LogP contribution in [0.1, 0.15) is 18.4 Å². The highest BCUT2D eigenvalue weighted by Crippen LogP contribution is 2.26. The molecule has 138 valence electrons. The summed E-state index contributed by atoms with van der Waals surface area (Å²) in [6.45, 7) is 3.49. The maximum absolute atomic E-state index is 12.4. The summed E-state index contributed by atoms with van der Waals surface area (Å²) in [7, 11) is 0. The highest BCUT2D eigenvalue weighted by atomic mass is 16.4. The van der Waals surface area contributed by atoms with Crippen molar-refractivity contribution in [2.75, 3.05) is 23.3 Å². The van der Waals surface area contributed by atoms with Gasteiger partial charge in [-0.3, -0.25) is 4.79 Å². The van der Waals surface area contributed by atoms with Gasteiger partial charge in [0.25, 0.3) is 0 Å². The lowest BCUT2D eigenvalue weighted by atomic mass is 9.96. The molecule has 1 amide bonds. The molecule has 1 fully saturated rings. The number of benzene rings is 2. The van der Waals surface area contributed by atoms with Gasteiger partial charge >= 0.3 is 6.01 Å². The van der Waals surface area contributed by atoms with E-state index in [0.29, 0.717) is 11.9 Å². The van der Waals surface area contributed by atoms with Crippen LogP contribution >= 0.6 is 0 Å². The minimum absolute atomic E-state index is 0.000876. The Bertz CT molecular complexity index is 897. The van der Waals surface area contributed by atoms with Crippen LogP contribution in [0, 0.1) is 12.8 Å². The Balaban J connectivity index is 1.35. The van der Waals surface area contributed by atoms with Crippen molar-refractivity contribution in [2.45, 2.75) is 19.8 Å². The van der Waals surface area contributed by atoms with Crippen LogP contribution in [-0.4, -0.2) is 29.2 Å². The van der Waals surface area contributed by atoms with E-state index in [2.05, 4.69) is 20.4 Å². The largest absolute Gasteiger partial charge is 0.403 e. The fraction of sp³-hybridized carbons (Fsp3) is 0.286. The lowest BCUT2D eigenvalue weighted by Crippen LogP contribution is -2.38. The minimum atomic E-state index is 0.000876. The lowest BCUT2D eigenvalue weighted by molar-refractivity contribution is -0.120. The van der Waals surface area contributed by atoms with E-state index in [4.69, 9.17) is 4.42 Å². The molecule has 0 radical (unpaired) electrons. The number of aryl methyl sites for hydroxylation is 1. The molecular weight excluding hydrogens is 340 g/mol. The number of rotatable bonds is 4. The number of aromatic nitrogens is 2. The molecule has 4 rings (SSSR count). The number of carbonyl (C=O) groups excluding carboxylic acids is 1. The quantitative estimate of drug-likeness (QED) is 0.762. The predicted octanol–water partition coefficient (Wildman–Crippen LogP) is 3.90. The molecule has 1 aliphatic heterocycles.